The van der Waals surface area contributed by atoms with E-state index in [0.717, 1.165) is 0 Å². The Balaban J connectivity index is 1.87. The SMILES string of the molecule is CC(=O)c1cccc(NC(=O)[C@@H](C)Sc2nc3ccccc3c(=O)n2CC(C)C)c1. The topological polar surface area (TPSA) is 81.1 Å². The van der Waals surface area contributed by atoms with Crippen LogP contribution in [0.3, 0.4) is 0 Å². The summed E-state index contributed by atoms with van der Waals surface area (Å²) in [5, 5.41) is 3.44. The number of rotatable bonds is 7. The first kappa shape index (κ1) is 21.8. The van der Waals surface area contributed by atoms with Crippen LogP contribution in [0.15, 0.2) is 58.5 Å². The molecule has 0 fully saturated rings. The van der Waals surface area contributed by atoms with Crippen molar-refractivity contribution in [3.63, 3.8) is 0 Å². The van der Waals surface area contributed by atoms with Gasteiger partial charge in [0.05, 0.1) is 16.2 Å². The minimum atomic E-state index is -0.488. The molecule has 0 saturated carbocycles. The third-order valence-electron chi connectivity index (χ3n) is 4.56. The number of Topliss-reactive ketones (excluding diaryl/α,β-unsaturated/α-hetero) is 1. The van der Waals surface area contributed by atoms with Crippen molar-refractivity contribution >= 4 is 40.0 Å². The number of hydrogen-bond acceptors (Lipinski definition) is 5. The second-order valence-corrected chi connectivity index (χ2v) is 8.92. The Morgan fingerprint density at radius 3 is 2.53 bits per heavy atom. The number of amides is 1. The molecule has 0 saturated heterocycles. The van der Waals surface area contributed by atoms with E-state index in [1.54, 1.807) is 47.9 Å². The minimum Gasteiger partial charge on any atom is -0.325 e. The van der Waals surface area contributed by atoms with Crippen LogP contribution in [0.25, 0.3) is 10.9 Å². The summed E-state index contributed by atoms with van der Waals surface area (Å²) in [6.07, 6.45) is 0. The van der Waals surface area contributed by atoms with Crippen molar-refractivity contribution in [3.05, 3.63) is 64.4 Å². The monoisotopic (exact) mass is 423 g/mol. The number of ketones is 1. The zero-order valence-electron chi connectivity index (χ0n) is 17.5. The first-order valence-electron chi connectivity index (χ1n) is 9.84. The number of nitrogens with one attached hydrogen (secondary N) is 1. The highest BCUT2D eigenvalue weighted by Crippen LogP contribution is 2.24. The van der Waals surface area contributed by atoms with E-state index in [1.165, 1.54) is 18.7 Å². The van der Waals surface area contributed by atoms with E-state index in [1.807, 2.05) is 26.0 Å². The van der Waals surface area contributed by atoms with Gasteiger partial charge in [-0.2, -0.15) is 0 Å². The standard InChI is InChI=1S/C23H25N3O3S/c1-14(2)13-26-22(29)19-10-5-6-11-20(19)25-23(26)30-16(4)21(28)24-18-9-7-8-17(12-18)15(3)27/h5-12,14,16H,13H2,1-4H3,(H,24,28)/t16-/m1/s1. The van der Waals surface area contributed by atoms with E-state index >= 15 is 0 Å². The highest BCUT2D eigenvalue weighted by Gasteiger charge is 2.20. The summed E-state index contributed by atoms with van der Waals surface area (Å²) in [5.41, 5.74) is 1.62. The molecule has 0 aliphatic carbocycles. The molecule has 0 bridgehead atoms. The third-order valence-corrected chi connectivity index (χ3v) is 5.65. The van der Waals surface area contributed by atoms with E-state index in [2.05, 4.69) is 10.3 Å². The van der Waals surface area contributed by atoms with Crippen molar-refractivity contribution < 1.29 is 9.59 Å². The van der Waals surface area contributed by atoms with E-state index in [-0.39, 0.29) is 23.2 Å². The van der Waals surface area contributed by atoms with Crippen LogP contribution in [0, 0.1) is 5.92 Å². The Morgan fingerprint density at radius 1 is 1.10 bits per heavy atom. The average Bonchev–Trinajstić information content (AvgIpc) is 2.70. The largest absolute Gasteiger partial charge is 0.325 e. The van der Waals surface area contributed by atoms with Crippen LogP contribution in [0.2, 0.25) is 0 Å². The number of carbonyl (C=O) groups is 2. The smallest absolute Gasteiger partial charge is 0.262 e. The molecule has 0 spiro atoms. The fraction of sp³-hybridized carbons (Fsp3) is 0.304. The van der Waals surface area contributed by atoms with Gasteiger partial charge in [0.1, 0.15) is 0 Å². The van der Waals surface area contributed by atoms with Gasteiger partial charge in [-0.05, 0) is 44.0 Å². The highest BCUT2D eigenvalue weighted by atomic mass is 32.2. The van der Waals surface area contributed by atoms with E-state index < -0.39 is 5.25 Å². The molecule has 1 atom stereocenters. The second kappa shape index (κ2) is 9.26. The van der Waals surface area contributed by atoms with Gasteiger partial charge < -0.3 is 5.32 Å². The Kier molecular flexibility index (Phi) is 6.72. The molecule has 1 heterocycles. The fourth-order valence-corrected chi connectivity index (χ4v) is 3.95. The number of aromatic nitrogens is 2. The van der Waals surface area contributed by atoms with Crippen molar-refractivity contribution in [2.75, 3.05) is 5.32 Å². The quantitative estimate of drug-likeness (QED) is 0.347. The molecule has 30 heavy (non-hydrogen) atoms. The van der Waals surface area contributed by atoms with Crippen LogP contribution in [0.1, 0.15) is 38.1 Å². The molecule has 1 amide bonds. The molecule has 7 heteroatoms. The number of nitrogens with zero attached hydrogens (tertiary/aromatic N) is 2. The zero-order valence-corrected chi connectivity index (χ0v) is 18.3. The number of hydrogen-bond donors (Lipinski definition) is 1. The van der Waals surface area contributed by atoms with E-state index in [0.29, 0.717) is 33.9 Å². The maximum absolute atomic E-state index is 13.0. The number of fused-ring (bicyclic) bond motifs is 1. The van der Waals surface area contributed by atoms with Gasteiger partial charge in [-0.3, -0.25) is 19.0 Å². The van der Waals surface area contributed by atoms with Gasteiger partial charge in [0.25, 0.3) is 5.56 Å². The lowest BCUT2D eigenvalue weighted by molar-refractivity contribution is -0.115. The molecule has 2 aromatic carbocycles. The van der Waals surface area contributed by atoms with E-state index in [4.69, 9.17) is 0 Å². The molecule has 0 aliphatic rings. The van der Waals surface area contributed by atoms with Crippen LogP contribution in [0.5, 0.6) is 0 Å². The van der Waals surface area contributed by atoms with Crippen molar-refractivity contribution in [1.29, 1.82) is 0 Å². The fourth-order valence-electron chi connectivity index (χ4n) is 3.04. The van der Waals surface area contributed by atoms with Gasteiger partial charge in [-0.25, -0.2) is 4.98 Å². The molecule has 156 valence electrons. The molecular weight excluding hydrogens is 398 g/mol. The van der Waals surface area contributed by atoms with Crippen molar-refractivity contribution in [2.24, 2.45) is 5.92 Å². The first-order valence-corrected chi connectivity index (χ1v) is 10.7. The zero-order chi connectivity index (χ0) is 21.8. The number of carbonyl (C=O) groups excluding carboxylic acids is 2. The summed E-state index contributed by atoms with van der Waals surface area (Å²) in [4.78, 5) is 42.0. The number of thioether (sulfide) groups is 1. The predicted octanol–water partition coefficient (Wildman–Crippen LogP) is 4.37. The van der Waals surface area contributed by atoms with Crippen LogP contribution in [0.4, 0.5) is 5.69 Å². The van der Waals surface area contributed by atoms with Crippen LogP contribution >= 0.6 is 11.8 Å². The number of anilines is 1. The summed E-state index contributed by atoms with van der Waals surface area (Å²) in [7, 11) is 0. The van der Waals surface area contributed by atoms with Gasteiger partial charge >= 0.3 is 0 Å². The Hall–Kier alpha value is -2.93. The van der Waals surface area contributed by atoms with Gasteiger partial charge in [0.2, 0.25) is 5.91 Å². The third kappa shape index (κ3) is 4.97. The van der Waals surface area contributed by atoms with Gasteiger partial charge in [0.15, 0.2) is 10.9 Å². The average molecular weight is 424 g/mol. The Labute approximate surface area is 179 Å². The maximum Gasteiger partial charge on any atom is 0.262 e. The Morgan fingerprint density at radius 2 is 1.83 bits per heavy atom. The summed E-state index contributed by atoms with van der Waals surface area (Å²) in [5.74, 6) is -0.0331. The molecule has 1 N–H and O–H groups in total. The lowest BCUT2D eigenvalue weighted by atomic mass is 10.1. The highest BCUT2D eigenvalue weighted by molar-refractivity contribution is 8.00. The van der Waals surface area contributed by atoms with Crippen LogP contribution in [-0.4, -0.2) is 26.5 Å². The van der Waals surface area contributed by atoms with Crippen LogP contribution < -0.4 is 10.9 Å². The molecule has 6 nitrogen and oxygen atoms in total. The van der Waals surface area contributed by atoms with Gasteiger partial charge in [-0.15, -0.1) is 0 Å². The van der Waals surface area contributed by atoms with Crippen molar-refractivity contribution in [1.82, 2.24) is 9.55 Å². The molecule has 0 radical (unpaired) electrons. The summed E-state index contributed by atoms with van der Waals surface area (Å²) >= 11 is 1.25. The van der Waals surface area contributed by atoms with Gasteiger partial charge in [-0.1, -0.05) is 49.9 Å². The van der Waals surface area contributed by atoms with Crippen molar-refractivity contribution in [3.8, 4) is 0 Å². The first-order chi connectivity index (χ1) is 14.3. The van der Waals surface area contributed by atoms with E-state index in [9.17, 15) is 14.4 Å². The lowest BCUT2D eigenvalue weighted by Gasteiger charge is -2.17. The molecule has 1 aromatic heterocycles. The van der Waals surface area contributed by atoms with Crippen molar-refractivity contribution in [2.45, 2.75) is 44.6 Å². The number of benzene rings is 2. The van der Waals surface area contributed by atoms with Gasteiger partial charge in [0, 0.05) is 17.8 Å². The molecule has 0 aliphatic heterocycles. The van der Waals surface area contributed by atoms with Crippen LogP contribution in [-0.2, 0) is 11.3 Å². The second-order valence-electron chi connectivity index (χ2n) is 7.61. The maximum atomic E-state index is 13.0. The summed E-state index contributed by atoms with van der Waals surface area (Å²) in [6.45, 7) is 7.85. The lowest BCUT2D eigenvalue weighted by Crippen LogP contribution is -2.28. The predicted molar refractivity (Wildman–Crippen MR) is 121 cm³/mol. The normalized spacial score (nSPS) is 12.2. The summed E-state index contributed by atoms with van der Waals surface area (Å²) in [6, 6.07) is 14.1. The molecule has 0 unspecified atom stereocenters. The molecule has 3 aromatic rings. The number of para-hydroxylation sites is 1. The summed E-state index contributed by atoms with van der Waals surface area (Å²) < 4.78 is 1.65. The molecule has 3 rings (SSSR count). The minimum absolute atomic E-state index is 0.0633. The Bertz CT molecular complexity index is 1150. The molecular formula is C23H25N3O3S.